The maximum atomic E-state index is 11.1. The molecule has 1 atom stereocenters. The second-order valence-corrected chi connectivity index (χ2v) is 3.90. The lowest BCUT2D eigenvalue weighted by molar-refractivity contribution is -0.138. The molecule has 0 aliphatic carbocycles. The fourth-order valence-electron chi connectivity index (χ4n) is 1.96. The topological polar surface area (TPSA) is 65.5 Å². The third-order valence-electron chi connectivity index (χ3n) is 2.78. The van der Waals surface area contributed by atoms with Crippen LogP contribution in [-0.2, 0) is 4.79 Å². The molecule has 0 saturated carbocycles. The van der Waals surface area contributed by atoms with Gasteiger partial charge < -0.3 is 15.3 Å². The highest BCUT2D eigenvalue weighted by Gasteiger charge is 2.29. The van der Waals surface area contributed by atoms with Gasteiger partial charge in [0.05, 0.1) is 0 Å². The van der Waals surface area contributed by atoms with Crippen molar-refractivity contribution in [2.24, 2.45) is 0 Å². The highest BCUT2D eigenvalue weighted by atomic mass is 16.4. The van der Waals surface area contributed by atoms with Crippen LogP contribution in [0.15, 0.2) is 18.3 Å². The molecular weight excluding hydrogens is 206 g/mol. The third kappa shape index (κ3) is 1.99. The van der Waals surface area contributed by atoms with Crippen molar-refractivity contribution in [2.75, 3.05) is 24.5 Å². The molecule has 1 aromatic heterocycles. The third-order valence-corrected chi connectivity index (χ3v) is 2.78. The van der Waals surface area contributed by atoms with E-state index >= 15 is 0 Å². The van der Waals surface area contributed by atoms with Crippen LogP contribution in [0.25, 0.3) is 0 Å². The normalized spacial score (nSPS) is 20.8. The van der Waals surface area contributed by atoms with Gasteiger partial charge in [0.25, 0.3) is 0 Å². The maximum Gasteiger partial charge on any atom is 0.327 e. The SMILES string of the molecule is Cc1cccnc1N1CCNCC1C(=O)O. The van der Waals surface area contributed by atoms with Crippen molar-refractivity contribution in [2.45, 2.75) is 13.0 Å². The Morgan fingerprint density at radius 1 is 1.69 bits per heavy atom. The van der Waals surface area contributed by atoms with E-state index in [2.05, 4.69) is 10.3 Å². The summed E-state index contributed by atoms with van der Waals surface area (Å²) in [6, 6.07) is 3.28. The highest BCUT2D eigenvalue weighted by Crippen LogP contribution is 2.19. The number of anilines is 1. The standard InChI is InChI=1S/C11H15N3O2/c1-8-3-2-4-13-10(8)14-6-5-12-7-9(14)11(15)16/h2-4,9,12H,5-7H2,1H3,(H,15,16). The molecule has 0 radical (unpaired) electrons. The number of piperazine rings is 1. The van der Waals surface area contributed by atoms with Gasteiger partial charge in [0, 0.05) is 25.8 Å². The smallest absolute Gasteiger partial charge is 0.327 e. The molecule has 2 N–H and O–H groups in total. The van der Waals surface area contributed by atoms with Crippen molar-refractivity contribution in [3.63, 3.8) is 0 Å². The predicted molar refractivity (Wildman–Crippen MR) is 60.6 cm³/mol. The summed E-state index contributed by atoms with van der Waals surface area (Å²) in [5.74, 6) is -0.0337. The van der Waals surface area contributed by atoms with Crippen LogP contribution in [0.5, 0.6) is 0 Å². The van der Waals surface area contributed by atoms with Gasteiger partial charge in [-0.3, -0.25) is 0 Å². The molecule has 1 aliphatic rings. The molecule has 1 saturated heterocycles. The number of aliphatic carboxylic acids is 1. The lowest BCUT2D eigenvalue weighted by atomic mass is 10.1. The van der Waals surface area contributed by atoms with Gasteiger partial charge in [-0.1, -0.05) is 6.07 Å². The average Bonchev–Trinajstić information content (AvgIpc) is 2.29. The zero-order valence-electron chi connectivity index (χ0n) is 9.18. The van der Waals surface area contributed by atoms with Gasteiger partial charge in [-0.15, -0.1) is 0 Å². The number of carboxylic acids is 1. The van der Waals surface area contributed by atoms with Gasteiger partial charge in [0.15, 0.2) is 0 Å². The molecule has 1 unspecified atom stereocenters. The van der Waals surface area contributed by atoms with Crippen LogP contribution in [0, 0.1) is 6.92 Å². The Labute approximate surface area is 94.1 Å². The largest absolute Gasteiger partial charge is 0.480 e. The number of aromatic nitrogens is 1. The van der Waals surface area contributed by atoms with Gasteiger partial charge in [0.1, 0.15) is 11.9 Å². The molecule has 0 aromatic carbocycles. The Morgan fingerprint density at radius 2 is 2.50 bits per heavy atom. The first kappa shape index (κ1) is 10.9. The Morgan fingerprint density at radius 3 is 3.19 bits per heavy atom. The first-order chi connectivity index (χ1) is 7.70. The van der Waals surface area contributed by atoms with Crippen molar-refractivity contribution in [3.05, 3.63) is 23.9 Å². The number of nitrogens with zero attached hydrogens (tertiary/aromatic N) is 2. The van der Waals surface area contributed by atoms with Crippen molar-refractivity contribution in [1.82, 2.24) is 10.3 Å². The maximum absolute atomic E-state index is 11.1. The molecule has 2 rings (SSSR count). The van der Waals surface area contributed by atoms with Gasteiger partial charge in [-0.25, -0.2) is 9.78 Å². The number of carboxylic acid groups (broad SMARTS) is 1. The summed E-state index contributed by atoms with van der Waals surface area (Å²) in [7, 11) is 0. The van der Waals surface area contributed by atoms with E-state index in [0.29, 0.717) is 13.1 Å². The molecular formula is C11H15N3O2. The minimum atomic E-state index is -0.808. The number of aryl methyl sites for hydroxylation is 1. The Bertz CT molecular complexity index is 395. The van der Waals surface area contributed by atoms with E-state index in [4.69, 9.17) is 5.11 Å². The fraction of sp³-hybridized carbons (Fsp3) is 0.455. The van der Waals surface area contributed by atoms with Crippen molar-refractivity contribution >= 4 is 11.8 Å². The average molecular weight is 221 g/mol. The van der Waals surface area contributed by atoms with Crippen LogP contribution in [0.2, 0.25) is 0 Å². The summed E-state index contributed by atoms with van der Waals surface area (Å²) in [5, 5.41) is 12.2. The minimum Gasteiger partial charge on any atom is -0.480 e. The highest BCUT2D eigenvalue weighted by molar-refractivity contribution is 5.78. The molecule has 1 aromatic rings. The number of carbonyl (C=O) groups is 1. The summed E-state index contributed by atoms with van der Waals surface area (Å²) in [6.07, 6.45) is 1.70. The van der Waals surface area contributed by atoms with E-state index in [1.54, 1.807) is 6.20 Å². The van der Waals surface area contributed by atoms with E-state index in [1.807, 2.05) is 24.0 Å². The molecule has 5 heteroatoms. The molecule has 1 fully saturated rings. The molecule has 0 amide bonds. The number of hydrogen-bond donors (Lipinski definition) is 2. The van der Waals surface area contributed by atoms with Crippen LogP contribution in [0.4, 0.5) is 5.82 Å². The second-order valence-electron chi connectivity index (χ2n) is 3.90. The van der Waals surface area contributed by atoms with Crippen LogP contribution < -0.4 is 10.2 Å². The minimum absolute atomic E-state index is 0.464. The van der Waals surface area contributed by atoms with Gasteiger partial charge in [0.2, 0.25) is 0 Å². The van der Waals surface area contributed by atoms with E-state index < -0.39 is 12.0 Å². The summed E-state index contributed by atoms with van der Waals surface area (Å²) in [4.78, 5) is 17.3. The summed E-state index contributed by atoms with van der Waals surface area (Å²) >= 11 is 0. The number of hydrogen-bond acceptors (Lipinski definition) is 4. The summed E-state index contributed by atoms with van der Waals surface area (Å²) in [5.41, 5.74) is 1.01. The molecule has 16 heavy (non-hydrogen) atoms. The van der Waals surface area contributed by atoms with Crippen LogP contribution in [-0.4, -0.2) is 41.7 Å². The summed E-state index contributed by atoms with van der Waals surface area (Å²) < 4.78 is 0. The fourth-order valence-corrected chi connectivity index (χ4v) is 1.96. The molecule has 2 heterocycles. The first-order valence-electron chi connectivity index (χ1n) is 5.32. The molecule has 1 aliphatic heterocycles. The lowest BCUT2D eigenvalue weighted by Crippen LogP contribution is -2.55. The number of nitrogens with one attached hydrogen (secondary N) is 1. The van der Waals surface area contributed by atoms with Crippen molar-refractivity contribution in [1.29, 1.82) is 0 Å². The van der Waals surface area contributed by atoms with Gasteiger partial charge >= 0.3 is 5.97 Å². The van der Waals surface area contributed by atoms with Gasteiger partial charge in [-0.05, 0) is 18.6 Å². The first-order valence-corrected chi connectivity index (χ1v) is 5.32. The van der Waals surface area contributed by atoms with E-state index in [0.717, 1.165) is 17.9 Å². The van der Waals surface area contributed by atoms with E-state index in [9.17, 15) is 4.79 Å². The van der Waals surface area contributed by atoms with Crippen LogP contribution in [0.3, 0.4) is 0 Å². The Hall–Kier alpha value is -1.62. The lowest BCUT2D eigenvalue weighted by Gasteiger charge is -2.35. The quantitative estimate of drug-likeness (QED) is 0.749. The van der Waals surface area contributed by atoms with Gasteiger partial charge in [-0.2, -0.15) is 0 Å². The zero-order chi connectivity index (χ0) is 11.5. The monoisotopic (exact) mass is 221 g/mol. The molecule has 0 bridgehead atoms. The second kappa shape index (κ2) is 4.49. The zero-order valence-corrected chi connectivity index (χ0v) is 9.18. The predicted octanol–water partition coefficient (Wildman–Crippen LogP) is 0.253. The number of rotatable bonds is 2. The molecule has 5 nitrogen and oxygen atoms in total. The Kier molecular flexibility index (Phi) is 3.05. The molecule has 0 spiro atoms. The molecule has 86 valence electrons. The van der Waals surface area contributed by atoms with Crippen molar-refractivity contribution in [3.8, 4) is 0 Å². The van der Waals surface area contributed by atoms with Crippen LogP contribution in [0.1, 0.15) is 5.56 Å². The number of pyridine rings is 1. The Balaban J connectivity index is 2.30. The van der Waals surface area contributed by atoms with E-state index in [1.165, 1.54) is 0 Å². The van der Waals surface area contributed by atoms with Crippen LogP contribution >= 0.6 is 0 Å². The van der Waals surface area contributed by atoms with E-state index in [-0.39, 0.29) is 0 Å². The van der Waals surface area contributed by atoms with Crippen molar-refractivity contribution < 1.29 is 9.90 Å². The summed E-state index contributed by atoms with van der Waals surface area (Å²) in [6.45, 7) is 3.88.